The summed E-state index contributed by atoms with van der Waals surface area (Å²) in [5, 5.41) is 13.9. The van der Waals surface area contributed by atoms with E-state index in [-0.39, 0.29) is 11.9 Å². The molecule has 7 nitrogen and oxygen atoms in total. The average Bonchev–Trinajstić information content (AvgIpc) is 3.06. The molecular weight excluding hydrogens is 270 g/mol. The van der Waals surface area contributed by atoms with Gasteiger partial charge in [0, 0.05) is 19.8 Å². The van der Waals surface area contributed by atoms with Crippen molar-refractivity contribution in [2.45, 2.75) is 38.6 Å². The molecule has 0 aromatic carbocycles. The van der Waals surface area contributed by atoms with Crippen molar-refractivity contribution in [3.05, 3.63) is 6.33 Å². The van der Waals surface area contributed by atoms with E-state index in [2.05, 4.69) is 20.8 Å². The number of hydrogen-bond acceptors (Lipinski definition) is 5. The minimum Gasteiger partial charge on any atom is -0.381 e. The molecule has 1 aromatic rings. The van der Waals surface area contributed by atoms with Crippen LogP contribution in [-0.2, 0) is 9.53 Å². The maximum atomic E-state index is 12.1. The largest absolute Gasteiger partial charge is 0.381 e. The Bertz CT molecular complexity index is 464. The van der Waals surface area contributed by atoms with Crippen LogP contribution in [0.1, 0.15) is 38.6 Å². The number of carbonyl (C=O) groups excluding carboxylic acids is 1. The van der Waals surface area contributed by atoms with E-state index in [1.54, 1.807) is 6.92 Å². The first kappa shape index (κ1) is 14.4. The maximum absolute atomic E-state index is 12.1. The number of aromatic nitrogens is 4. The number of tetrazole rings is 1. The number of nitrogens with one attached hydrogen (secondary N) is 1. The van der Waals surface area contributed by atoms with Gasteiger partial charge in [-0.15, -0.1) is 5.10 Å². The van der Waals surface area contributed by atoms with Crippen molar-refractivity contribution in [1.29, 1.82) is 0 Å². The molecule has 3 rings (SSSR count). The summed E-state index contributed by atoms with van der Waals surface area (Å²) < 4.78 is 7.03. The molecule has 3 unspecified atom stereocenters. The zero-order valence-electron chi connectivity index (χ0n) is 12.4. The van der Waals surface area contributed by atoms with E-state index in [0.717, 1.165) is 31.6 Å². The minimum atomic E-state index is -0.362. The standard InChI is InChI=1S/C14H23N5O2/c1-10(19-9-16-17-18-19)14(20)15-7-11-2-3-13-8-21-5-4-12(13)6-11/h9-13H,2-8H2,1H3,(H,15,20)/t10-,11?,12?,13?/m0/s1. The third kappa shape index (κ3) is 3.40. The van der Waals surface area contributed by atoms with Crippen LogP contribution in [0.4, 0.5) is 0 Å². The molecule has 2 heterocycles. The molecule has 4 atom stereocenters. The molecule has 1 aliphatic carbocycles. The van der Waals surface area contributed by atoms with Crippen LogP contribution in [0.25, 0.3) is 0 Å². The molecule has 2 aliphatic rings. The molecule has 1 aliphatic heterocycles. The lowest BCUT2D eigenvalue weighted by atomic mass is 9.72. The van der Waals surface area contributed by atoms with Gasteiger partial charge in [0.15, 0.2) is 0 Å². The van der Waals surface area contributed by atoms with Gasteiger partial charge < -0.3 is 10.1 Å². The minimum absolute atomic E-state index is 0.0172. The fourth-order valence-electron chi connectivity index (χ4n) is 3.51. The van der Waals surface area contributed by atoms with Crippen molar-refractivity contribution in [1.82, 2.24) is 25.5 Å². The highest BCUT2D eigenvalue weighted by atomic mass is 16.5. The number of amides is 1. The van der Waals surface area contributed by atoms with Crippen molar-refractivity contribution < 1.29 is 9.53 Å². The lowest BCUT2D eigenvalue weighted by Gasteiger charge is -2.39. The smallest absolute Gasteiger partial charge is 0.244 e. The topological polar surface area (TPSA) is 81.9 Å². The lowest BCUT2D eigenvalue weighted by Crippen LogP contribution is -2.39. The molecule has 2 fully saturated rings. The summed E-state index contributed by atoms with van der Waals surface area (Å²) in [4.78, 5) is 12.1. The van der Waals surface area contributed by atoms with Crippen LogP contribution in [-0.4, -0.2) is 45.9 Å². The number of nitrogens with zero attached hydrogens (tertiary/aromatic N) is 4. The van der Waals surface area contributed by atoms with Crippen LogP contribution < -0.4 is 5.32 Å². The van der Waals surface area contributed by atoms with E-state index in [1.807, 2.05) is 0 Å². The molecule has 116 valence electrons. The molecule has 1 saturated heterocycles. The second-order valence-corrected chi connectivity index (χ2v) is 6.27. The predicted molar refractivity (Wildman–Crippen MR) is 75.3 cm³/mol. The molecule has 0 bridgehead atoms. The number of rotatable bonds is 4. The fraction of sp³-hybridized carbons (Fsp3) is 0.857. The van der Waals surface area contributed by atoms with Crippen molar-refractivity contribution in [3.8, 4) is 0 Å². The zero-order chi connectivity index (χ0) is 14.7. The van der Waals surface area contributed by atoms with Gasteiger partial charge in [-0.25, -0.2) is 4.68 Å². The van der Waals surface area contributed by atoms with Gasteiger partial charge in [0.2, 0.25) is 5.91 Å². The van der Waals surface area contributed by atoms with Crippen LogP contribution >= 0.6 is 0 Å². The van der Waals surface area contributed by atoms with Crippen LogP contribution in [0.2, 0.25) is 0 Å². The Morgan fingerprint density at radius 3 is 3.14 bits per heavy atom. The first-order valence-corrected chi connectivity index (χ1v) is 7.82. The van der Waals surface area contributed by atoms with Gasteiger partial charge in [0.1, 0.15) is 12.4 Å². The average molecular weight is 293 g/mol. The van der Waals surface area contributed by atoms with Gasteiger partial charge in [-0.3, -0.25) is 4.79 Å². The molecule has 1 saturated carbocycles. The van der Waals surface area contributed by atoms with Crippen LogP contribution in [0.5, 0.6) is 0 Å². The third-order valence-electron chi connectivity index (χ3n) is 4.92. The Morgan fingerprint density at radius 2 is 2.33 bits per heavy atom. The highest BCUT2D eigenvalue weighted by Crippen LogP contribution is 2.38. The van der Waals surface area contributed by atoms with Crippen LogP contribution in [0.3, 0.4) is 0 Å². The van der Waals surface area contributed by atoms with Crippen molar-refractivity contribution >= 4 is 5.91 Å². The number of carbonyl (C=O) groups is 1. The van der Waals surface area contributed by atoms with E-state index in [4.69, 9.17) is 4.74 Å². The third-order valence-corrected chi connectivity index (χ3v) is 4.92. The van der Waals surface area contributed by atoms with Gasteiger partial charge in [-0.1, -0.05) is 0 Å². The Labute approximate surface area is 124 Å². The summed E-state index contributed by atoms with van der Waals surface area (Å²) in [5.41, 5.74) is 0. The molecule has 0 spiro atoms. The number of hydrogen-bond donors (Lipinski definition) is 1. The van der Waals surface area contributed by atoms with Gasteiger partial charge in [0.25, 0.3) is 0 Å². The molecule has 1 N–H and O–H groups in total. The number of fused-ring (bicyclic) bond motifs is 1. The summed E-state index contributed by atoms with van der Waals surface area (Å²) in [5.74, 6) is 2.10. The molecule has 1 aromatic heterocycles. The maximum Gasteiger partial charge on any atom is 0.244 e. The quantitative estimate of drug-likeness (QED) is 0.888. The van der Waals surface area contributed by atoms with Gasteiger partial charge in [-0.2, -0.15) is 0 Å². The summed E-state index contributed by atoms with van der Waals surface area (Å²) in [6, 6.07) is -0.362. The highest BCUT2D eigenvalue weighted by Gasteiger charge is 2.32. The highest BCUT2D eigenvalue weighted by molar-refractivity contribution is 5.79. The van der Waals surface area contributed by atoms with E-state index in [9.17, 15) is 4.79 Å². The molecular formula is C14H23N5O2. The van der Waals surface area contributed by atoms with E-state index in [0.29, 0.717) is 5.92 Å². The summed E-state index contributed by atoms with van der Waals surface area (Å²) >= 11 is 0. The Balaban J connectivity index is 1.46. The summed E-state index contributed by atoms with van der Waals surface area (Å²) in [7, 11) is 0. The molecule has 7 heteroatoms. The van der Waals surface area contributed by atoms with Crippen molar-refractivity contribution in [2.24, 2.45) is 17.8 Å². The van der Waals surface area contributed by atoms with Crippen molar-refractivity contribution in [3.63, 3.8) is 0 Å². The first-order chi connectivity index (χ1) is 10.2. The van der Waals surface area contributed by atoms with E-state index in [1.165, 1.54) is 36.7 Å². The number of ether oxygens (including phenoxy) is 1. The Morgan fingerprint density at radius 1 is 1.43 bits per heavy atom. The van der Waals surface area contributed by atoms with Crippen molar-refractivity contribution in [2.75, 3.05) is 19.8 Å². The van der Waals surface area contributed by atoms with Gasteiger partial charge >= 0.3 is 0 Å². The Hall–Kier alpha value is -1.50. The van der Waals surface area contributed by atoms with E-state index >= 15 is 0 Å². The van der Waals surface area contributed by atoms with Crippen LogP contribution in [0.15, 0.2) is 6.33 Å². The zero-order valence-corrected chi connectivity index (χ0v) is 12.4. The normalized spacial score (nSPS) is 30.4. The molecule has 21 heavy (non-hydrogen) atoms. The molecule has 1 amide bonds. The fourth-order valence-corrected chi connectivity index (χ4v) is 3.51. The van der Waals surface area contributed by atoms with Crippen LogP contribution in [0, 0.1) is 17.8 Å². The summed E-state index contributed by atoms with van der Waals surface area (Å²) in [6.45, 7) is 4.40. The van der Waals surface area contributed by atoms with Gasteiger partial charge in [0.05, 0.1) is 0 Å². The van der Waals surface area contributed by atoms with Gasteiger partial charge in [-0.05, 0) is 60.8 Å². The Kier molecular flexibility index (Phi) is 4.48. The second kappa shape index (κ2) is 6.51. The predicted octanol–water partition coefficient (Wildman–Crippen LogP) is 0.803. The SMILES string of the molecule is C[C@@H](C(=O)NCC1CCC2COCCC2C1)n1cnnn1. The first-order valence-electron chi connectivity index (χ1n) is 7.82. The monoisotopic (exact) mass is 293 g/mol. The summed E-state index contributed by atoms with van der Waals surface area (Å²) in [6.07, 6.45) is 6.28. The van der Waals surface area contributed by atoms with E-state index < -0.39 is 0 Å². The lowest BCUT2D eigenvalue weighted by molar-refractivity contribution is -0.124. The second-order valence-electron chi connectivity index (χ2n) is 6.27. The molecule has 0 radical (unpaired) electrons.